The van der Waals surface area contributed by atoms with E-state index in [0.29, 0.717) is 11.1 Å². The lowest BCUT2D eigenvalue weighted by Gasteiger charge is -2.14. The molecule has 114 valence electrons. The highest BCUT2D eigenvalue weighted by Crippen LogP contribution is 2.37. The number of nitrogens with one attached hydrogen (secondary N) is 1. The summed E-state index contributed by atoms with van der Waals surface area (Å²) in [6, 6.07) is 12.0. The van der Waals surface area contributed by atoms with Crippen LogP contribution in [0.1, 0.15) is 11.1 Å². The fourth-order valence-corrected chi connectivity index (χ4v) is 2.04. The molecular formula is C15H12F3N3S. The van der Waals surface area contributed by atoms with Gasteiger partial charge in [-0.3, -0.25) is 5.43 Å². The Bertz CT molecular complexity index is 711. The van der Waals surface area contributed by atoms with Gasteiger partial charge in [0.25, 0.3) is 0 Å². The second kappa shape index (κ2) is 6.57. The summed E-state index contributed by atoms with van der Waals surface area (Å²) in [7, 11) is 0. The van der Waals surface area contributed by atoms with Gasteiger partial charge in [-0.2, -0.15) is 18.3 Å². The van der Waals surface area contributed by atoms with Gasteiger partial charge in [-0.25, -0.2) is 0 Å². The van der Waals surface area contributed by atoms with Crippen molar-refractivity contribution in [1.29, 1.82) is 0 Å². The lowest BCUT2D eigenvalue weighted by Crippen LogP contribution is -2.24. The first kappa shape index (κ1) is 16.0. The van der Waals surface area contributed by atoms with Gasteiger partial charge in [-0.1, -0.05) is 42.5 Å². The van der Waals surface area contributed by atoms with E-state index in [9.17, 15) is 13.2 Å². The van der Waals surface area contributed by atoms with Gasteiger partial charge >= 0.3 is 6.18 Å². The molecule has 2 aromatic rings. The Hall–Kier alpha value is -2.41. The van der Waals surface area contributed by atoms with Crippen LogP contribution < -0.4 is 11.2 Å². The Morgan fingerprint density at radius 1 is 1.05 bits per heavy atom. The van der Waals surface area contributed by atoms with Crippen molar-refractivity contribution in [3.8, 4) is 11.1 Å². The highest BCUT2D eigenvalue weighted by Gasteiger charge is 2.33. The summed E-state index contributed by atoms with van der Waals surface area (Å²) in [5.74, 6) is 0. The quantitative estimate of drug-likeness (QED) is 0.516. The predicted octanol–water partition coefficient (Wildman–Crippen LogP) is 3.54. The molecule has 0 saturated heterocycles. The van der Waals surface area contributed by atoms with Gasteiger partial charge < -0.3 is 5.73 Å². The normalized spacial score (nSPS) is 11.6. The number of halogens is 3. The first-order valence-electron chi connectivity index (χ1n) is 6.23. The zero-order chi connectivity index (χ0) is 16.2. The number of nitrogens with two attached hydrogens (primary N) is 1. The van der Waals surface area contributed by atoms with Crippen LogP contribution >= 0.6 is 12.2 Å². The highest BCUT2D eigenvalue weighted by atomic mass is 32.1. The molecule has 0 unspecified atom stereocenters. The van der Waals surface area contributed by atoms with Gasteiger partial charge in [0.05, 0.1) is 11.8 Å². The average molecular weight is 323 g/mol. The first-order valence-corrected chi connectivity index (χ1v) is 6.64. The van der Waals surface area contributed by atoms with Gasteiger partial charge in [0, 0.05) is 5.56 Å². The third-order valence-corrected chi connectivity index (χ3v) is 2.95. The van der Waals surface area contributed by atoms with Crippen molar-refractivity contribution >= 4 is 23.5 Å². The van der Waals surface area contributed by atoms with Crippen molar-refractivity contribution in [1.82, 2.24) is 5.43 Å². The molecule has 0 heterocycles. The molecule has 0 bridgehead atoms. The van der Waals surface area contributed by atoms with Crippen LogP contribution in [0, 0.1) is 0 Å². The molecule has 0 fully saturated rings. The molecule has 0 spiro atoms. The number of thiocarbonyl (C=S) groups is 1. The molecule has 0 amide bonds. The van der Waals surface area contributed by atoms with Crippen molar-refractivity contribution in [3.63, 3.8) is 0 Å². The predicted molar refractivity (Wildman–Crippen MR) is 84.4 cm³/mol. The summed E-state index contributed by atoms with van der Waals surface area (Å²) in [6.45, 7) is 0. The number of nitrogens with zero attached hydrogens (tertiary/aromatic N) is 1. The van der Waals surface area contributed by atoms with E-state index in [4.69, 9.17) is 5.73 Å². The summed E-state index contributed by atoms with van der Waals surface area (Å²) in [6.07, 6.45) is -3.06. The Morgan fingerprint density at radius 2 is 1.64 bits per heavy atom. The lowest BCUT2D eigenvalue weighted by atomic mass is 9.95. The first-order chi connectivity index (χ1) is 10.4. The molecule has 0 aliphatic heterocycles. The largest absolute Gasteiger partial charge is 0.417 e. The molecule has 3 N–H and O–H groups in total. The number of hydrazone groups is 1. The summed E-state index contributed by atoms with van der Waals surface area (Å²) >= 11 is 4.61. The molecule has 2 rings (SSSR count). The number of rotatable bonds is 3. The SMILES string of the molecule is NC(=S)NN=Cc1ccccc1-c1ccccc1C(F)(F)F. The van der Waals surface area contributed by atoms with Crippen LogP contribution in [-0.4, -0.2) is 11.3 Å². The third kappa shape index (κ3) is 3.82. The molecule has 0 aliphatic carbocycles. The summed E-state index contributed by atoms with van der Waals surface area (Å²) in [5, 5.41) is 3.77. The maximum atomic E-state index is 13.1. The van der Waals surface area contributed by atoms with Crippen molar-refractivity contribution in [3.05, 3.63) is 59.7 Å². The Balaban J connectivity index is 2.51. The van der Waals surface area contributed by atoms with E-state index in [1.807, 2.05) is 0 Å². The minimum Gasteiger partial charge on any atom is -0.375 e. The Morgan fingerprint density at radius 3 is 2.27 bits per heavy atom. The van der Waals surface area contributed by atoms with E-state index >= 15 is 0 Å². The zero-order valence-corrected chi connectivity index (χ0v) is 12.1. The van der Waals surface area contributed by atoms with Crippen LogP contribution in [0.15, 0.2) is 53.6 Å². The molecule has 0 saturated carbocycles. The second-order valence-electron chi connectivity index (χ2n) is 4.36. The van der Waals surface area contributed by atoms with Gasteiger partial charge in [0.2, 0.25) is 0 Å². The summed E-state index contributed by atoms with van der Waals surface area (Å²) in [4.78, 5) is 0. The van der Waals surface area contributed by atoms with Gasteiger partial charge in [-0.05, 0) is 29.4 Å². The Labute approximate surface area is 130 Å². The zero-order valence-electron chi connectivity index (χ0n) is 11.3. The molecule has 2 aromatic carbocycles. The topological polar surface area (TPSA) is 50.4 Å². The van der Waals surface area contributed by atoms with E-state index in [-0.39, 0.29) is 10.7 Å². The van der Waals surface area contributed by atoms with Crippen LogP contribution in [0.5, 0.6) is 0 Å². The van der Waals surface area contributed by atoms with Crippen LogP contribution in [0.2, 0.25) is 0 Å². The Kier molecular flexibility index (Phi) is 4.77. The molecule has 0 radical (unpaired) electrons. The number of benzene rings is 2. The minimum atomic E-state index is -4.43. The van der Waals surface area contributed by atoms with Crippen LogP contribution in [0.4, 0.5) is 13.2 Å². The summed E-state index contributed by atoms with van der Waals surface area (Å²) in [5.41, 5.74) is 7.95. The van der Waals surface area contributed by atoms with Crippen LogP contribution in [-0.2, 0) is 6.18 Å². The second-order valence-corrected chi connectivity index (χ2v) is 4.80. The molecular weight excluding hydrogens is 311 g/mol. The van der Waals surface area contributed by atoms with Crippen molar-refractivity contribution in [2.24, 2.45) is 10.8 Å². The number of alkyl halides is 3. The maximum Gasteiger partial charge on any atom is 0.417 e. The van der Waals surface area contributed by atoms with E-state index in [2.05, 4.69) is 22.7 Å². The fraction of sp³-hybridized carbons (Fsp3) is 0.0667. The monoisotopic (exact) mass is 323 g/mol. The van der Waals surface area contributed by atoms with E-state index in [0.717, 1.165) is 6.07 Å². The minimum absolute atomic E-state index is 0.0237. The molecule has 7 heteroatoms. The van der Waals surface area contributed by atoms with Crippen LogP contribution in [0.25, 0.3) is 11.1 Å². The smallest absolute Gasteiger partial charge is 0.375 e. The molecule has 22 heavy (non-hydrogen) atoms. The van der Waals surface area contributed by atoms with Gasteiger partial charge in [0.1, 0.15) is 0 Å². The average Bonchev–Trinajstić information content (AvgIpc) is 2.46. The lowest BCUT2D eigenvalue weighted by molar-refractivity contribution is -0.137. The van der Waals surface area contributed by atoms with Crippen molar-refractivity contribution < 1.29 is 13.2 Å². The van der Waals surface area contributed by atoms with Crippen LogP contribution in [0.3, 0.4) is 0 Å². The van der Waals surface area contributed by atoms with E-state index < -0.39 is 11.7 Å². The van der Waals surface area contributed by atoms with E-state index in [1.165, 1.54) is 18.3 Å². The standard InChI is InChI=1S/C15H12F3N3S/c16-15(17,18)13-8-4-3-7-12(13)11-6-2-1-5-10(11)9-20-21-14(19)22/h1-9H,(H3,19,21,22). The fourth-order valence-electron chi connectivity index (χ4n) is 1.99. The summed E-state index contributed by atoms with van der Waals surface area (Å²) < 4.78 is 39.4. The van der Waals surface area contributed by atoms with Crippen molar-refractivity contribution in [2.75, 3.05) is 0 Å². The molecule has 0 aromatic heterocycles. The molecule has 0 atom stereocenters. The highest BCUT2D eigenvalue weighted by molar-refractivity contribution is 7.80. The molecule has 3 nitrogen and oxygen atoms in total. The maximum absolute atomic E-state index is 13.1. The van der Waals surface area contributed by atoms with Gasteiger partial charge in [0.15, 0.2) is 5.11 Å². The third-order valence-electron chi connectivity index (χ3n) is 2.86. The van der Waals surface area contributed by atoms with Gasteiger partial charge in [-0.15, -0.1) is 0 Å². The van der Waals surface area contributed by atoms with E-state index in [1.54, 1.807) is 30.3 Å². The van der Waals surface area contributed by atoms with Crippen molar-refractivity contribution in [2.45, 2.75) is 6.18 Å². The number of hydrogen-bond donors (Lipinski definition) is 2. The number of hydrogen-bond acceptors (Lipinski definition) is 2. The molecule has 0 aliphatic rings.